The third kappa shape index (κ3) is 2.69. The average molecular weight is 290 g/mol. The van der Waals surface area contributed by atoms with Crippen molar-refractivity contribution in [1.29, 1.82) is 0 Å². The highest BCUT2D eigenvalue weighted by molar-refractivity contribution is 5.98. The largest absolute Gasteiger partial charge is 0.478 e. The highest BCUT2D eigenvalue weighted by atomic mass is 16.4. The van der Waals surface area contributed by atoms with E-state index in [1.807, 2.05) is 9.47 Å². The van der Waals surface area contributed by atoms with E-state index in [0.717, 1.165) is 57.4 Å². The molecule has 3 heterocycles. The second-order valence-corrected chi connectivity index (χ2v) is 6.01. The first kappa shape index (κ1) is 14.2. The number of amides is 1. The molecule has 114 valence electrons. The van der Waals surface area contributed by atoms with E-state index in [4.69, 9.17) is 0 Å². The zero-order chi connectivity index (χ0) is 14.8. The summed E-state index contributed by atoms with van der Waals surface area (Å²) < 4.78 is 1.94. The molecule has 0 radical (unpaired) electrons. The van der Waals surface area contributed by atoms with Crippen molar-refractivity contribution in [3.05, 3.63) is 23.0 Å². The van der Waals surface area contributed by atoms with Crippen LogP contribution in [0.1, 0.15) is 65.1 Å². The SMILES string of the molecule is O=C(O)c1cc(C(=O)N2CCCCCC2)n2c1CCCC2. The van der Waals surface area contributed by atoms with Crippen LogP contribution in [0.25, 0.3) is 0 Å². The highest BCUT2D eigenvalue weighted by Gasteiger charge is 2.27. The van der Waals surface area contributed by atoms with Crippen LogP contribution in [-0.2, 0) is 13.0 Å². The quantitative estimate of drug-likeness (QED) is 0.910. The first-order valence-electron chi connectivity index (χ1n) is 7.93. The van der Waals surface area contributed by atoms with E-state index in [1.54, 1.807) is 6.07 Å². The first-order chi connectivity index (χ1) is 10.2. The molecule has 0 atom stereocenters. The van der Waals surface area contributed by atoms with Gasteiger partial charge in [0.2, 0.25) is 0 Å². The molecular weight excluding hydrogens is 268 g/mol. The van der Waals surface area contributed by atoms with Gasteiger partial charge < -0.3 is 14.6 Å². The Morgan fingerprint density at radius 2 is 1.62 bits per heavy atom. The first-order valence-corrected chi connectivity index (χ1v) is 7.93. The molecule has 1 saturated heterocycles. The fourth-order valence-electron chi connectivity index (χ4n) is 3.47. The van der Waals surface area contributed by atoms with E-state index < -0.39 is 5.97 Å². The van der Waals surface area contributed by atoms with Gasteiger partial charge in [0.15, 0.2) is 0 Å². The Labute approximate surface area is 124 Å². The van der Waals surface area contributed by atoms with E-state index in [0.29, 0.717) is 11.3 Å². The molecule has 3 rings (SSSR count). The van der Waals surface area contributed by atoms with Crippen molar-refractivity contribution in [2.24, 2.45) is 0 Å². The van der Waals surface area contributed by atoms with Crippen LogP contribution < -0.4 is 0 Å². The number of aromatic nitrogens is 1. The van der Waals surface area contributed by atoms with Crippen molar-refractivity contribution in [2.75, 3.05) is 13.1 Å². The van der Waals surface area contributed by atoms with Gasteiger partial charge in [-0.3, -0.25) is 4.79 Å². The maximum absolute atomic E-state index is 12.8. The van der Waals surface area contributed by atoms with Gasteiger partial charge >= 0.3 is 5.97 Å². The zero-order valence-electron chi connectivity index (χ0n) is 12.3. The minimum Gasteiger partial charge on any atom is -0.478 e. The normalized spacial score (nSPS) is 19.0. The molecule has 1 aromatic rings. The van der Waals surface area contributed by atoms with E-state index in [1.165, 1.54) is 12.8 Å². The Morgan fingerprint density at radius 3 is 2.29 bits per heavy atom. The number of carbonyl (C=O) groups excluding carboxylic acids is 1. The summed E-state index contributed by atoms with van der Waals surface area (Å²) in [7, 11) is 0. The number of rotatable bonds is 2. The van der Waals surface area contributed by atoms with Crippen LogP contribution in [0.15, 0.2) is 6.07 Å². The maximum Gasteiger partial charge on any atom is 0.337 e. The zero-order valence-corrected chi connectivity index (χ0v) is 12.3. The second kappa shape index (κ2) is 5.92. The summed E-state index contributed by atoms with van der Waals surface area (Å²) in [5, 5.41) is 9.35. The topological polar surface area (TPSA) is 62.5 Å². The number of aromatic carboxylic acids is 1. The maximum atomic E-state index is 12.8. The van der Waals surface area contributed by atoms with Crippen LogP contribution in [0.2, 0.25) is 0 Å². The number of carboxylic acid groups (broad SMARTS) is 1. The fourth-order valence-corrected chi connectivity index (χ4v) is 3.47. The molecule has 5 heteroatoms. The monoisotopic (exact) mass is 290 g/mol. The summed E-state index contributed by atoms with van der Waals surface area (Å²) in [6, 6.07) is 1.59. The average Bonchev–Trinajstić information content (AvgIpc) is 2.67. The molecule has 0 unspecified atom stereocenters. The van der Waals surface area contributed by atoms with E-state index in [-0.39, 0.29) is 5.91 Å². The van der Waals surface area contributed by atoms with Crippen LogP contribution in [0.4, 0.5) is 0 Å². The molecule has 1 aromatic heterocycles. The van der Waals surface area contributed by atoms with Crippen molar-refractivity contribution >= 4 is 11.9 Å². The van der Waals surface area contributed by atoms with Gasteiger partial charge in [-0.1, -0.05) is 12.8 Å². The summed E-state index contributed by atoms with van der Waals surface area (Å²) in [6.45, 7) is 2.35. The number of carboxylic acids is 1. The lowest BCUT2D eigenvalue weighted by molar-refractivity contribution is 0.0694. The predicted octanol–water partition coefficient (Wildman–Crippen LogP) is 2.54. The predicted molar refractivity (Wildman–Crippen MR) is 78.7 cm³/mol. The van der Waals surface area contributed by atoms with Crippen LogP contribution >= 0.6 is 0 Å². The van der Waals surface area contributed by atoms with Gasteiger partial charge in [0.05, 0.1) is 5.56 Å². The molecule has 21 heavy (non-hydrogen) atoms. The molecular formula is C16H22N2O3. The van der Waals surface area contributed by atoms with Crippen LogP contribution in [-0.4, -0.2) is 39.5 Å². The standard InChI is InChI=1S/C16H22N2O3/c19-15(17-8-4-1-2-5-9-17)14-11-12(16(20)21)13-7-3-6-10-18(13)14/h11H,1-10H2,(H,20,21). The summed E-state index contributed by atoms with van der Waals surface area (Å²) in [5.74, 6) is -0.914. The Kier molecular flexibility index (Phi) is 3.99. The molecule has 0 aliphatic carbocycles. The van der Waals surface area contributed by atoms with Crippen LogP contribution in [0, 0.1) is 0 Å². The van der Waals surface area contributed by atoms with E-state index >= 15 is 0 Å². The Balaban J connectivity index is 1.93. The third-order valence-corrected chi connectivity index (χ3v) is 4.60. The van der Waals surface area contributed by atoms with Gasteiger partial charge in [-0.05, 0) is 38.2 Å². The van der Waals surface area contributed by atoms with Crippen molar-refractivity contribution in [3.8, 4) is 0 Å². The highest BCUT2D eigenvalue weighted by Crippen LogP contribution is 2.25. The molecule has 0 spiro atoms. The number of hydrogen-bond donors (Lipinski definition) is 1. The van der Waals surface area contributed by atoms with E-state index in [2.05, 4.69) is 0 Å². The molecule has 5 nitrogen and oxygen atoms in total. The number of hydrogen-bond acceptors (Lipinski definition) is 2. The third-order valence-electron chi connectivity index (χ3n) is 4.60. The number of nitrogens with zero attached hydrogens (tertiary/aromatic N) is 2. The molecule has 2 aliphatic rings. The Morgan fingerprint density at radius 1 is 0.952 bits per heavy atom. The molecule has 1 fully saturated rings. The Hall–Kier alpha value is -1.78. The number of likely N-dealkylation sites (tertiary alicyclic amines) is 1. The fraction of sp³-hybridized carbons (Fsp3) is 0.625. The Bertz CT molecular complexity index is 554. The second-order valence-electron chi connectivity index (χ2n) is 6.01. The van der Waals surface area contributed by atoms with Gasteiger partial charge in [-0.25, -0.2) is 4.79 Å². The van der Waals surface area contributed by atoms with Crippen molar-refractivity contribution < 1.29 is 14.7 Å². The smallest absolute Gasteiger partial charge is 0.337 e. The summed E-state index contributed by atoms with van der Waals surface area (Å²) in [6.07, 6.45) is 7.22. The minimum absolute atomic E-state index is 0.00699. The van der Waals surface area contributed by atoms with Crippen molar-refractivity contribution in [1.82, 2.24) is 9.47 Å². The molecule has 0 saturated carbocycles. The molecule has 1 N–H and O–H groups in total. The van der Waals surface area contributed by atoms with Crippen molar-refractivity contribution in [2.45, 2.75) is 51.5 Å². The molecule has 0 aromatic carbocycles. The van der Waals surface area contributed by atoms with Gasteiger partial charge in [0.25, 0.3) is 5.91 Å². The molecule has 2 aliphatic heterocycles. The van der Waals surface area contributed by atoms with Crippen LogP contribution in [0.5, 0.6) is 0 Å². The van der Waals surface area contributed by atoms with Gasteiger partial charge in [-0.15, -0.1) is 0 Å². The van der Waals surface area contributed by atoms with E-state index in [9.17, 15) is 14.7 Å². The molecule has 0 bridgehead atoms. The lowest BCUT2D eigenvalue weighted by atomic mass is 10.1. The lowest BCUT2D eigenvalue weighted by Crippen LogP contribution is -2.33. The summed E-state index contributed by atoms with van der Waals surface area (Å²) >= 11 is 0. The van der Waals surface area contributed by atoms with Crippen LogP contribution in [0.3, 0.4) is 0 Å². The summed E-state index contributed by atoms with van der Waals surface area (Å²) in [4.78, 5) is 26.1. The molecule has 1 amide bonds. The number of fused-ring (bicyclic) bond motifs is 1. The van der Waals surface area contributed by atoms with Gasteiger partial charge in [0.1, 0.15) is 5.69 Å². The number of carbonyl (C=O) groups is 2. The summed E-state index contributed by atoms with van der Waals surface area (Å²) in [5.41, 5.74) is 1.71. The van der Waals surface area contributed by atoms with Gasteiger partial charge in [0, 0.05) is 25.3 Å². The lowest BCUT2D eigenvalue weighted by Gasteiger charge is -2.23. The van der Waals surface area contributed by atoms with Gasteiger partial charge in [-0.2, -0.15) is 0 Å². The minimum atomic E-state index is -0.921. The van der Waals surface area contributed by atoms with Crippen molar-refractivity contribution in [3.63, 3.8) is 0 Å².